The van der Waals surface area contributed by atoms with E-state index in [1.807, 2.05) is 12.1 Å². The number of piperidine rings is 1. The lowest BCUT2D eigenvalue weighted by Gasteiger charge is -2.35. The number of rotatable bonds is 6. The van der Waals surface area contributed by atoms with E-state index in [1.54, 1.807) is 18.3 Å². The van der Waals surface area contributed by atoms with Gasteiger partial charge in [-0.1, -0.05) is 12.1 Å². The van der Waals surface area contributed by atoms with Gasteiger partial charge in [0.1, 0.15) is 11.6 Å². The van der Waals surface area contributed by atoms with E-state index in [9.17, 15) is 4.39 Å². The van der Waals surface area contributed by atoms with Crippen LogP contribution in [0, 0.1) is 11.6 Å². The molecule has 4 rings (SSSR count). The van der Waals surface area contributed by atoms with Crippen molar-refractivity contribution >= 4 is 34.9 Å². The number of anilines is 2. The van der Waals surface area contributed by atoms with E-state index in [4.69, 9.17) is 18.0 Å². The highest BCUT2D eigenvalue weighted by molar-refractivity contribution is 7.80. The molecule has 6 nitrogen and oxygen atoms in total. The molecule has 0 aromatic heterocycles. The number of likely N-dealkylation sites (N-methyl/N-ethyl adjacent to an activating group) is 1. The number of thiocarbonyl (C=S) groups is 1. The summed E-state index contributed by atoms with van der Waals surface area (Å²) in [5, 5.41) is 4.13. The lowest BCUT2D eigenvalue weighted by molar-refractivity contribution is 0.315. The molecule has 34 heavy (non-hydrogen) atoms. The van der Waals surface area contributed by atoms with Crippen molar-refractivity contribution in [2.75, 3.05) is 50.1 Å². The van der Waals surface area contributed by atoms with Crippen LogP contribution in [0.5, 0.6) is 0 Å². The fraction of sp³-hybridized carbons (Fsp3) is 0.440. The Morgan fingerprint density at radius 3 is 2.47 bits per heavy atom. The third kappa shape index (κ3) is 5.64. The van der Waals surface area contributed by atoms with Crippen molar-refractivity contribution in [1.29, 1.82) is 0 Å². The summed E-state index contributed by atoms with van der Waals surface area (Å²) in [4.78, 5) is 6.61. The van der Waals surface area contributed by atoms with Gasteiger partial charge in [-0.3, -0.25) is 5.43 Å². The first-order chi connectivity index (χ1) is 16.3. The molecule has 182 valence electrons. The van der Waals surface area contributed by atoms with Crippen LogP contribution in [0.4, 0.5) is 20.2 Å². The molecule has 0 radical (unpaired) electrons. The molecule has 0 saturated carbocycles. The highest BCUT2D eigenvalue weighted by Gasteiger charge is 2.28. The van der Waals surface area contributed by atoms with Crippen LogP contribution in [-0.4, -0.2) is 62.5 Å². The third-order valence-corrected chi connectivity index (χ3v) is 6.96. The normalized spacial score (nSPS) is 19.4. The Balaban J connectivity index is 1.57. The number of nitrogens with two attached hydrogens (primary N) is 1. The summed E-state index contributed by atoms with van der Waals surface area (Å²) in [6, 6.07) is 10.7. The Morgan fingerprint density at radius 1 is 1.09 bits per heavy atom. The third-order valence-electron chi connectivity index (χ3n) is 6.86. The van der Waals surface area contributed by atoms with Gasteiger partial charge in [0.25, 0.3) is 0 Å². The molecular formula is C25H32F2N6S. The first-order valence-corrected chi connectivity index (χ1v) is 12.1. The number of hydrogen-bond acceptors (Lipinski definition) is 5. The topological polar surface area (TPSA) is 60.1 Å². The summed E-state index contributed by atoms with van der Waals surface area (Å²) in [7, 11) is 4.17. The van der Waals surface area contributed by atoms with E-state index in [2.05, 4.69) is 39.3 Å². The van der Waals surface area contributed by atoms with Crippen LogP contribution >= 0.6 is 12.2 Å². The Hall–Kier alpha value is -2.78. The summed E-state index contributed by atoms with van der Waals surface area (Å²) in [6.07, 6.45) is 4.32. The van der Waals surface area contributed by atoms with Gasteiger partial charge in [0.15, 0.2) is 5.11 Å². The van der Waals surface area contributed by atoms with Gasteiger partial charge in [-0.2, -0.15) is 5.10 Å². The molecule has 0 bridgehead atoms. The van der Waals surface area contributed by atoms with Gasteiger partial charge >= 0.3 is 0 Å². The SMILES string of the molecule is CN(C)[C@@H]1CCN(c2cc(N3CCC(c4cccc(F)c4)CC3)c(F)cc2C=NNC(N)=S)C1. The highest BCUT2D eigenvalue weighted by Crippen LogP contribution is 2.36. The molecule has 3 N–H and O–H groups in total. The predicted molar refractivity (Wildman–Crippen MR) is 139 cm³/mol. The Morgan fingerprint density at radius 2 is 1.82 bits per heavy atom. The molecule has 1 atom stereocenters. The van der Waals surface area contributed by atoms with Crippen molar-refractivity contribution in [3.63, 3.8) is 0 Å². The number of halogens is 2. The van der Waals surface area contributed by atoms with Gasteiger partial charge in [-0.25, -0.2) is 8.78 Å². The quantitative estimate of drug-likeness (QED) is 0.369. The molecule has 2 heterocycles. The second kappa shape index (κ2) is 10.7. The average molecular weight is 487 g/mol. The number of nitrogens with one attached hydrogen (secondary N) is 1. The highest BCUT2D eigenvalue weighted by atomic mass is 32.1. The van der Waals surface area contributed by atoms with Crippen molar-refractivity contribution in [2.24, 2.45) is 10.8 Å². The van der Waals surface area contributed by atoms with Crippen LogP contribution in [0.25, 0.3) is 0 Å². The molecule has 2 aromatic carbocycles. The van der Waals surface area contributed by atoms with Crippen molar-refractivity contribution in [1.82, 2.24) is 10.3 Å². The van der Waals surface area contributed by atoms with Gasteiger partial charge in [0, 0.05) is 43.5 Å². The zero-order valence-electron chi connectivity index (χ0n) is 19.7. The van der Waals surface area contributed by atoms with E-state index in [0.29, 0.717) is 30.4 Å². The second-order valence-electron chi connectivity index (χ2n) is 9.27. The Kier molecular flexibility index (Phi) is 7.63. The molecule has 2 aromatic rings. The monoisotopic (exact) mass is 486 g/mol. The summed E-state index contributed by atoms with van der Waals surface area (Å²) >= 11 is 4.81. The maximum atomic E-state index is 15.3. The molecule has 0 spiro atoms. The van der Waals surface area contributed by atoms with E-state index in [0.717, 1.165) is 43.6 Å². The lowest BCUT2D eigenvalue weighted by Crippen LogP contribution is -2.34. The summed E-state index contributed by atoms with van der Waals surface area (Å²) in [6.45, 7) is 3.19. The second-order valence-corrected chi connectivity index (χ2v) is 9.70. The lowest BCUT2D eigenvalue weighted by atomic mass is 9.89. The summed E-state index contributed by atoms with van der Waals surface area (Å²) in [5.74, 6) is -0.209. The van der Waals surface area contributed by atoms with E-state index >= 15 is 4.39 Å². The average Bonchev–Trinajstić information content (AvgIpc) is 3.30. The molecule has 2 fully saturated rings. The molecule has 2 aliphatic heterocycles. The first-order valence-electron chi connectivity index (χ1n) is 11.7. The van der Waals surface area contributed by atoms with Crippen LogP contribution < -0.4 is 21.0 Å². The number of benzene rings is 2. The van der Waals surface area contributed by atoms with E-state index in [1.165, 1.54) is 12.1 Å². The molecule has 2 saturated heterocycles. The van der Waals surface area contributed by atoms with Gasteiger partial charge in [-0.15, -0.1) is 0 Å². The standard InChI is InChI=1S/C25H32F2N6S/c1-31(2)21-8-11-33(16-21)23-14-24(22(27)13-19(23)15-29-30-25(28)34)32-9-6-17(7-10-32)18-4-3-5-20(26)12-18/h3-5,12-15,17,21H,6-11,16H2,1-2H3,(H3,28,30,34)/t21-/m1/s1. The van der Waals surface area contributed by atoms with Crippen LogP contribution in [0.15, 0.2) is 41.5 Å². The van der Waals surface area contributed by atoms with Gasteiger partial charge in [0.05, 0.1) is 11.9 Å². The first kappa shape index (κ1) is 24.3. The maximum Gasteiger partial charge on any atom is 0.184 e. The van der Waals surface area contributed by atoms with Crippen molar-refractivity contribution in [3.8, 4) is 0 Å². The molecule has 0 unspecified atom stereocenters. The van der Waals surface area contributed by atoms with Crippen LogP contribution in [0.1, 0.15) is 36.3 Å². The van der Waals surface area contributed by atoms with Crippen molar-refractivity contribution in [2.45, 2.75) is 31.2 Å². The summed E-state index contributed by atoms with van der Waals surface area (Å²) < 4.78 is 29.0. The van der Waals surface area contributed by atoms with Crippen molar-refractivity contribution in [3.05, 3.63) is 59.2 Å². The van der Waals surface area contributed by atoms with Crippen LogP contribution in [-0.2, 0) is 0 Å². The zero-order chi connectivity index (χ0) is 24.2. The Labute approximate surface area is 205 Å². The maximum absolute atomic E-state index is 15.3. The van der Waals surface area contributed by atoms with E-state index < -0.39 is 0 Å². The van der Waals surface area contributed by atoms with Crippen molar-refractivity contribution < 1.29 is 8.78 Å². The fourth-order valence-electron chi connectivity index (χ4n) is 4.95. The minimum Gasteiger partial charge on any atom is -0.375 e. The molecule has 9 heteroatoms. The molecular weight excluding hydrogens is 454 g/mol. The smallest absolute Gasteiger partial charge is 0.184 e. The largest absolute Gasteiger partial charge is 0.375 e. The molecule has 2 aliphatic rings. The van der Waals surface area contributed by atoms with Crippen LogP contribution in [0.2, 0.25) is 0 Å². The Bertz CT molecular complexity index is 1050. The predicted octanol–water partition coefficient (Wildman–Crippen LogP) is 3.66. The fourth-order valence-corrected chi connectivity index (χ4v) is 5.00. The zero-order valence-corrected chi connectivity index (χ0v) is 20.5. The molecule has 0 aliphatic carbocycles. The number of hydrazone groups is 1. The minimum atomic E-state index is -0.284. The minimum absolute atomic E-state index is 0.0601. The summed E-state index contributed by atoms with van der Waals surface area (Å²) in [5.41, 5.74) is 11.3. The number of nitrogens with zero attached hydrogens (tertiary/aromatic N) is 4. The molecule has 0 amide bonds. The van der Waals surface area contributed by atoms with Gasteiger partial charge in [-0.05, 0) is 81.3 Å². The van der Waals surface area contributed by atoms with Gasteiger partial charge in [0.2, 0.25) is 0 Å². The van der Waals surface area contributed by atoms with E-state index in [-0.39, 0.29) is 22.7 Å². The van der Waals surface area contributed by atoms with Gasteiger partial charge < -0.3 is 20.4 Å². The number of hydrogen-bond donors (Lipinski definition) is 2. The van der Waals surface area contributed by atoms with Crippen LogP contribution in [0.3, 0.4) is 0 Å².